The van der Waals surface area contributed by atoms with Crippen LogP contribution in [0.4, 0.5) is 0 Å². The number of pyridine rings is 1. The number of nitrogens with one attached hydrogen (secondary N) is 1. The minimum absolute atomic E-state index is 0.0330. The molecule has 0 saturated carbocycles. The van der Waals surface area contributed by atoms with Crippen LogP contribution in [0.25, 0.3) is 0 Å². The van der Waals surface area contributed by atoms with Crippen LogP contribution in [0.1, 0.15) is 53.2 Å². The average Bonchev–Trinajstić information content (AvgIpc) is 2.93. The topological polar surface area (TPSA) is 45.2 Å². The Bertz CT molecular complexity index is 661. The fraction of sp³-hybridized carbons (Fsp3) is 0.429. The van der Waals surface area contributed by atoms with Crippen LogP contribution in [-0.4, -0.2) is 35.4 Å². The molecule has 0 aliphatic carbocycles. The fourth-order valence-electron chi connectivity index (χ4n) is 3.45. The first kappa shape index (κ1) is 17.6. The molecule has 132 valence electrons. The highest BCUT2D eigenvalue weighted by atomic mass is 16.1. The van der Waals surface area contributed by atoms with E-state index in [4.69, 9.17) is 0 Å². The van der Waals surface area contributed by atoms with E-state index in [0.29, 0.717) is 12.1 Å². The Labute approximate surface area is 150 Å². The molecule has 2 heterocycles. The summed E-state index contributed by atoms with van der Waals surface area (Å²) in [6, 6.07) is 12.4. The van der Waals surface area contributed by atoms with Crippen LogP contribution in [-0.2, 0) is 0 Å². The Morgan fingerprint density at radius 2 is 1.68 bits per heavy atom. The van der Waals surface area contributed by atoms with Crippen molar-refractivity contribution in [3.63, 3.8) is 0 Å². The summed E-state index contributed by atoms with van der Waals surface area (Å²) >= 11 is 0. The van der Waals surface area contributed by atoms with E-state index < -0.39 is 0 Å². The third kappa shape index (κ3) is 4.89. The summed E-state index contributed by atoms with van der Waals surface area (Å²) in [5, 5.41) is 3.12. The molecule has 1 aliphatic rings. The third-order valence-corrected chi connectivity index (χ3v) is 4.94. The van der Waals surface area contributed by atoms with E-state index in [1.165, 1.54) is 36.8 Å². The van der Waals surface area contributed by atoms with E-state index in [-0.39, 0.29) is 11.9 Å². The number of hydrogen-bond acceptors (Lipinski definition) is 3. The van der Waals surface area contributed by atoms with E-state index >= 15 is 0 Å². The molecule has 25 heavy (non-hydrogen) atoms. The van der Waals surface area contributed by atoms with Gasteiger partial charge in [-0.05, 0) is 50.6 Å². The van der Waals surface area contributed by atoms with Crippen LogP contribution in [0.2, 0.25) is 0 Å². The zero-order valence-electron chi connectivity index (χ0n) is 14.9. The number of aryl methyl sites for hydroxylation is 1. The standard InChI is InChI=1S/C21H27N3O/c1-17-6-8-18(9-7-17)20(24-14-4-2-3-5-15-24)16-23-21(25)19-10-12-22-13-11-19/h6-13,20H,2-5,14-16H2,1H3,(H,23,25). The van der Waals surface area contributed by atoms with Crippen molar-refractivity contribution in [2.24, 2.45) is 0 Å². The molecule has 0 bridgehead atoms. The molecule has 1 amide bonds. The Balaban J connectivity index is 1.73. The van der Waals surface area contributed by atoms with Gasteiger partial charge in [-0.3, -0.25) is 14.7 Å². The quantitative estimate of drug-likeness (QED) is 0.904. The van der Waals surface area contributed by atoms with Crippen LogP contribution in [0.3, 0.4) is 0 Å². The second-order valence-corrected chi connectivity index (χ2v) is 6.82. The number of likely N-dealkylation sites (tertiary alicyclic amines) is 1. The molecule has 1 aromatic carbocycles. The lowest BCUT2D eigenvalue weighted by Crippen LogP contribution is -2.38. The smallest absolute Gasteiger partial charge is 0.251 e. The fourth-order valence-corrected chi connectivity index (χ4v) is 3.45. The number of carbonyl (C=O) groups excluding carboxylic acids is 1. The molecule has 0 spiro atoms. The molecule has 4 heteroatoms. The van der Waals surface area contributed by atoms with E-state index in [1.807, 2.05) is 0 Å². The van der Waals surface area contributed by atoms with E-state index in [9.17, 15) is 4.79 Å². The monoisotopic (exact) mass is 337 g/mol. The van der Waals surface area contributed by atoms with Gasteiger partial charge in [0.1, 0.15) is 0 Å². The Morgan fingerprint density at radius 1 is 1.04 bits per heavy atom. The third-order valence-electron chi connectivity index (χ3n) is 4.94. The van der Waals surface area contributed by atoms with Gasteiger partial charge in [0.15, 0.2) is 0 Å². The van der Waals surface area contributed by atoms with Crippen molar-refractivity contribution >= 4 is 5.91 Å². The lowest BCUT2D eigenvalue weighted by molar-refractivity contribution is 0.0933. The maximum atomic E-state index is 12.4. The molecular formula is C21H27N3O. The summed E-state index contributed by atoms with van der Waals surface area (Å²) in [6.45, 7) is 4.94. The highest BCUT2D eigenvalue weighted by molar-refractivity contribution is 5.93. The summed E-state index contributed by atoms with van der Waals surface area (Å²) in [5.74, 6) is -0.0330. The Hall–Kier alpha value is -2.20. The average molecular weight is 337 g/mol. The molecule has 1 fully saturated rings. The first-order valence-electron chi connectivity index (χ1n) is 9.23. The number of aromatic nitrogens is 1. The molecule has 1 aliphatic heterocycles. The maximum Gasteiger partial charge on any atom is 0.251 e. The second-order valence-electron chi connectivity index (χ2n) is 6.82. The highest BCUT2D eigenvalue weighted by Gasteiger charge is 2.22. The van der Waals surface area contributed by atoms with Gasteiger partial charge in [-0.2, -0.15) is 0 Å². The lowest BCUT2D eigenvalue weighted by Gasteiger charge is -2.31. The molecule has 1 saturated heterocycles. The summed E-state index contributed by atoms with van der Waals surface area (Å²) in [7, 11) is 0. The van der Waals surface area contributed by atoms with Gasteiger partial charge in [-0.25, -0.2) is 0 Å². The van der Waals surface area contributed by atoms with Crippen molar-refractivity contribution < 1.29 is 4.79 Å². The number of nitrogens with zero attached hydrogens (tertiary/aromatic N) is 2. The summed E-state index contributed by atoms with van der Waals surface area (Å²) in [4.78, 5) is 18.9. The van der Waals surface area contributed by atoms with Gasteiger partial charge >= 0.3 is 0 Å². The first-order chi connectivity index (χ1) is 12.2. The zero-order chi connectivity index (χ0) is 17.5. The molecule has 4 nitrogen and oxygen atoms in total. The predicted molar refractivity (Wildman–Crippen MR) is 101 cm³/mol. The molecule has 1 N–H and O–H groups in total. The number of rotatable bonds is 5. The van der Waals surface area contributed by atoms with Gasteiger partial charge in [-0.15, -0.1) is 0 Å². The van der Waals surface area contributed by atoms with E-state index in [2.05, 4.69) is 46.4 Å². The SMILES string of the molecule is Cc1ccc(C(CNC(=O)c2ccncc2)N2CCCCCC2)cc1. The van der Waals surface area contributed by atoms with Crippen molar-refractivity contribution in [3.05, 3.63) is 65.5 Å². The Kier molecular flexibility index (Phi) is 6.18. The maximum absolute atomic E-state index is 12.4. The number of amides is 1. The Morgan fingerprint density at radius 3 is 2.32 bits per heavy atom. The predicted octanol–water partition coefficient (Wildman–Crippen LogP) is 3.74. The zero-order valence-corrected chi connectivity index (χ0v) is 14.9. The highest BCUT2D eigenvalue weighted by Crippen LogP contribution is 2.24. The van der Waals surface area contributed by atoms with Crippen LogP contribution in [0.5, 0.6) is 0 Å². The largest absolute Gasteiger partial charge is 0.350 e. The minimum atomic E-state index is -0.0330. The molecule has 1 unspecified atom stereocenters. The second kappa shape index (κ2) is 8.77. The van der Waals surface area contributed by atoms with Gasteiger partial charge in [0.2, 0.25) is 0 Å². The molecular weight excluding hydrogens is 310 g/mol. The summed E-state index contributed by atoms with van der Waals surface area (Å²) in [6.07, 6.45) is 8.39. The molecule has 1 aromatic heterocycles. The van der Waals surface area contributed by atoms with Crippen LogP contribution in [0, 0.1) is 6.92 Å². The molecule has 0 radical (unpaired) electrons. The van der Waals surface area contributed by atoms with Gasteiger partial charge < -0.3 is 5.32 Å². The number of hydrogen-bond donors (Lipinski definition) is 1. The van der Waals surface area contributed by atoms with Gasteiger partial charge in [0.25, 0.3) is 5.91 Å². The molecule has 1 atom stereocenters. The minimum Gasteiger partial charge on any atom is -0.350 e. The van der Waals surface area contributed by atoms with E-state index in [0.717, 1.165) is 13.1 Å². The number of benzene rings is 1. The first-order valence-corrected chi connectivity index (χ1v) is 9.23. The normalized spacial score (nSPS) is 16.8. The van der Waals surface area contributed by atoms with E-state index in [1.54, 1.807) is 24.5 Å². The van der Waals surface area contributed by atoms with Gasteiger partial charge in [-0.1, -0.05) is 42.7 Å². The number of carbonyl (C=O) groups is 1. The van der Waals surface area contributed by atoms with Gasteiger partial charge in [0, 0.05) is 24.5 Å². The van der Waals surface area contributed by atoms with Crippen molar-refractivity contribution in [1.82, 2.24) is 15.2 Å². The van der Waals surface area contributed by atoms with Crippen LogP contribution in [0.15, 0.2) is 48.8 Å². The summed E-state index contributed by atoms with van der Waals surface area (Å²) in [5.41, 5.74) is 3.20. The van der Waals surface area contributed by atoms with Gasteiger partial charge in [0.05, 0.1) is 6.04 Å². The van der Waals surface area contributed by atoms with Crippen molar-refractivity contribution in [3.8, 4) is 0 Å². The van der Waals surface area contributed by atoms with Crippen LogP contribution < -0.4 is 5.32 Å². The van der Waals surface area contributed by atoms with Crippen molar-refractivity contribution in [2.75, 3.05) is 19.6 Å². The van der Waals surface area contributed by atoms with Crippen molar-refractivity contribution in [2.45, 2.75) is 38.6 Å². The summed E-state index contributed by atoms with van der Waals surface area (Å²) < 4.78 is 0. The van der Waals surface area contributed by atoms with Crippen LogP contribution >= 0.6 is 0 Å². The molecule has 2 aromatic rings. The van der Waals surface area contributed by atoms with Crippen molar-refractivity contribution in [1.29, 1.82) is 0 Å². The lowest BCUT2D eigenvalue weighted by atomic mass is 10.0. The molecule has 3 rings (SSSR count).